The molecule has 0 unspecified atom stereocenters. The van der Waals surface area contributed by atoms with Crippen molar-refractivity contribution in [1.82, 2.24) is 9.58 Å². The molecule has 3 heterocycles. The van der Waals surface area contributed by atoms with Gasteiger partial charge in [-0.25, -0.2) is 8.78 Å². The van der Waals surface area contributed by atoms with Gasteiger partial charge in [0.15, 0.2) is 23.1 Å². The van der Waals surface area contributed by atoms with Crippen LogP contribution in [0.15, 0.2) is 89.9 Å². The van der Waals surface area contributed by atoms with E-state index in [4.69, 9.17) is 9.47 Å². The van der Waals surface area contributed by atoms with Gasteiger partial charge in [-0.1, -0.05) is 60.7 Å². The highest BCUT2D eigenvalue weighted by atomic mass is 19.2. The molecule has 3 aromatic carbocycles. The van der Waals surface area contributed by atoms with Gasteiger partial charge in [-0.15, -0.1) is 0 Å². The van der Waals surface area contributed by atoms with Crippen molar-refractivity contribution < 1.29 is 23.0 Å². The Morgan fingerprint density at radius 2 is 1.64 bits per heavy atom. The number of amides is 1. The zero-order chi connectivity index (χ0) is 27.1. The first kappa shape index (κ1) is 24.7. The number of ether oxygens (including phenoxy) is 2. The molecule has 0 saturated heterocycles. The summed E-state index contributed by atoms with van der Waals surface area (Å²) >= 11 is 0. The van der Waals surface area contributed by atoms with Crippen molar-refractivity contribution in [2.75, 3.05) is 18.7 Å². The molecule has 0 radical (unpaired) electrons. The molecule has 2 atom stereocenters. The van der Waals surface area contributed by atoms with Gasteiger partial charge in [-0.3, -0.25) is 19.3 Å². The molecule has 1 amide bonds. The number of fused-ring (bicyclic) bond motifs is 4. The van der Waals surface area contributed by atoms with Gasteiger partial charge in [0.05, 0.1) is 6.61 Å². The Hall–Kier alpha value is -4.66. The predicted molar refractivity (Wildman–Crippen MR) is 140 cm³/mol. The van der Waals surface area contributed by atoms with Crippen LogP contribution in [0.2, 0.25) is 0 Å². The highest BCUT2D eigenvalue weighted by Gasteiger charge is 2.43. The number of nitrogens with zero attached hydrogens (tertiary/aromatic N) is 3. The molecule has 0 spiro atoms. The normalized spacial score (nSPS) is 18.3. The second-order valence-electron chi connectivity index (χ2n) is 9.51. The van der Waals surface area contributed by atoms with Gasteiger partial charge in [0.25, 0.3) is 5.91 Å². The molecule has 6 rings (SSSR count). The maximum absolute atomic E-state index is 14.7. The van der Waals surface area contributed by atoms with Crippen LogP contribution in [0.25, 0.3) is 0 Å². The fourth-order valence-electron chi connectivity index (χ4n) is 5.28. The fraction of sp³-hybridized carbons (Fsp3) is 0.200. The molecule has 0 aliphatic carbocycles. The molecule has 2 aliphatic rings. The number of rotatable bonds is 4. The van der Waals surface area contributed by atoms with Crippen molar-refractivity contribution >= 4 is 5.91 Å². The number of halogens is 2. The van der Waals surface area contributed by atoms with Gasteiger partial charge in [-0.2, -0.15) is 0 Å². The Morgan fingerprint density at radius 1 is 0.949 bits per heavy atom. The number of carbonyl (C=O) groups is 1. The smallest absolute Gasteiger partial charge is 0.277 e. The largest absolute Gasteiger partial charge is 0.493 e. The molecule has 39 heavy (non-hydrogen) atoms. The van der Waals surface area contributed by atoms with Gasteiger partial charge in [0.2, 0.25) is 5.43 Å². The lowest BCUT2D eigenvalue weighted by Crippen LogP contribution is -2.62. The van der Waals surface area contributed by atoms with E-state index in [-0.39, 0.29) is 30.4 Å². The minimum Gasteiger partial charge on any atom is -0.493 e. The zero-order valence-electron chi connectivity index (χ0n) is 21.1. The van der Waals surface area contributed by atoms with Crippen LogP contribution >= 0.6 is 0 Å². The number of aromatic nitrogens is 1. The number of benzene rings is 3. The maximum Gasteiger partial charge on any atom is 0.277 e. The van der Waals surface area contributed by atoms with Gasteiger partial charge in [0, 0.05) is 37.4 Å². The zero-order valence-corrected chi connectivity index (χ0v) is 21.1. The van der Waals surface area contributed by atoms with E-state index >= 15 is 0 Å². The van der Waals surface area contributed by atoms with Gasteiger partial charge >= 0.3 is 0 Å². The summed E-state index contributed by atoms with van der Waals surface area (Å²) in [5, 5.41) is 1.90. The lowest BCUT2D eigenvalue weighted by Gasteiger charge is -2.50. The maximum atomic E-state index is 14.7. The van der Waals surface area contributed by atoms with Gasteiger partial charge in [0.1, 0.15) is 24.6 Å². The monoisotopic (exact) mass is 529 g/mol. The second kappa shape index (κ2) is 9.90. The second-order valence-corrected chi connectivity index (χ2v) is 9.51. The van der Waals surface area contributed by atoms with Crippen LogP contribution in [0.4, 0.5) is 8.78 Å². The first-order chi connectivity index (χ1) is 18.9. The van der Waals surface area contributed by atoms with Crippen LogP contribution in [0.1, 0.15) is 39.6 Å². The third-order valence-electron chi connectivity index (χ3n) is 7.15. The topological polar surface area (TPSA) is 64.0 Å². The van der Waals surface area contributed by atoms with Crippen molar-refractivity contribution in [1.29, 1.82) is 0 Å². The van der Waals surface area contributed by atoms with Gasteiger partial charge < -0.3 is 14.4 Å². The Labute approximate surface area is 223 Å². The van der Waals surface area contributed by atoms with Gasteiger partial charge in [-0.05, 0) is 17.2 Å². The minimum atomic E-state index is -1.01. The molecule has 9 heteroatoms. The SMILES string of the molecule is CN1C(=O)c2c(OCc3ccccc3)c(=O)ccn2N2[C@@H](c3ccccc3)c3cc(F)c(F)cc3OCC[C@H]12. The molecule has 0 bridgehead atoms. The third kappa shape index (κ3) is 4.29. The molecule has 2 aliphatic heterocycles. The van der Waals surface area contributed by atoms with E-state index in [0.717, 1.165) is 23.3 Å². The van der Waals surface area contributed by atoms with Crippen molar-refractivity contribution in [3.63, 3.8) is 0 Å². The molecule has 0 saturated carbocycles. The van der Waals surface area contributed by atoms with Crippen molar-refractivity contribution in [3.8, 4) is 11.5 Å². The van der Waals surface area contributed by atoms with E-state index in [9.17, 15) is 18.4 Å². The lowest BCUT2D eigenvalue weighted by molar-refractivity contribution is 0.0569. The first-order valence-electron chi connectivity index (χ1n) is 12.6. The molecule has 0 N–H and O–H groups in total. The van der Waals surface area contributed by atoms with Crippen LogP contribution in [-0.4, -0.2) is 35.3 Å². The van der Waals surface area contributed by atoms with Crippen molar-refractivity contribution in [2.45, 2.75) is 25.2 Å². The average Bonchev–Trinajstić information content (AvgIpc) is 2.94. The van der Waals surface area contributed by atoms with E-state index in [1.54, 1.807) is 11.7 Å². The fourth-order valence-corrected chi connectivity index (χ4v) is 5.28. The molecule has 4 aromatic rings. The Bertz CT molecular complexity index is 1590. The number of carbonyl (C=O) groups excluding carboxylic acids is 1. The molecular weight excluding hydrogens is 504 g/mol. The summed E-state index contributed by atoms with van der Waals surface area (Å²) in [6, 6.07) is 21.5. The average molecular weight is 530 g/mol. The summed E-state index contributed by atoms with van der Waals surface area (Å²) in [5.41, 5.74) is 1.62. The summed E-state index contributed by atoms with van der Waals surface area (Å²) in [7, 11) is 1.65. The molecule has 198 valence electrons. The molecule has 1 aromatic heterocycles. The number of pyridine rings is 1. The Morgan fingerprint density at radius 3 is 2.38 bits per heavy atom. The van der Waals surface area contributed by atoms with E-state index in [2.05, 4.69) is 0 Å². The summed E-state index contributed by atoms with van der Waals surface area (Å²) in [5.74, 6) is -2.28. The van der Waals surface area contributed by atoms with Crippen LogP contribution in [0, 0.1) is 11.6 Å². The Balaban J connectivity index is 1.57. The lowest BCUT2D eigenvalue weighted by atomic mass is 9.95. The Kier molecular flexibility index (Phi) is 6.26. The van der Waals surface area contributed by atoms with E-state index < -0.39 is 35.2 Å². The summed E-state index contributed by atoms with van der Waals surface area (Å²) in [6.07, 6.45) is 1.37. The third-order valence-corrected chi connectivity index (χ3v) is 7.15. The first-order valence-corrected chi connectivity index (χ1v) is 12.6. The summed E-state index contributed by atoms with van der Waals surface area (Å²) < 4.78 is 42.5. The highest BCUT2D eigenvalue weighted by Crippen LogP contribution is 2.41. The van der Waals surface area contributed by atoms with E-state index in [0.29, 0.717) is 12.0 Å². The minimum absolute atomic E-state index is 0.0590. The van der Waals surface area contributed by atoms with Crippen molar-refractivity contribution in [3.05, 3.63) is 129 Å². The van der Waals surface area contributed by atoms with Crippen LogP contribution in [0.5, 0.6) is 11.5 Å². The van der Waals surface area contributed by atoms with E-state index in [1.807, 2.05) is 65.7 Å². The number of hydrogen-bond donors (Lipinski definition) is 0. The van der Waals surface area contributed by atoms with Crippen LogP contribution in [-0.2, 0) is 6.61 Å². The molecular formula is C30H25F2N3O4. The van der Waals surface area contributed by atoms with E-state index in [1.165, 1.54) is 17.2 Å². The summed E-state index contributed by atoms with van der Waals surface area (Å²) in [6.45, 7) is 0.252. The quantitative estimate of drug-likeness (QED) is 0.386. The summed E-state index contributed by atoms with van der Waals surface area (Å²) in [4.78, 5) is 28.3. The highest BCUT2D eigenvalue weighted by molar-refractivity contribution is 5.96. The number of hydrogen-bond acceptors (Lipinski definition) is 5. The van der Waals surface area contributed by atoms with Crippen LogP contribution in [0.3, 0.4) is 0 Å². The predicted octanol–water partition coefficient (Wildman–Crippen LogP) is 4.63. The van der Waals surface area contributed by atoms with Crippen LogP contribution < -0.4 is 19.9 Å². The molecule has 7 nitrogen and oxygen atoms in total. The molecule has 0 fully saturated rings. The van der Waals surface area contributed by atoms with Crippen molar-refractivity contribution in [2.24, 2.45) is 0 Å². The standard InChI is InChI=1S/C30H25F2N3O4/c1-33-26-13-15-38-25-17-23(32)22(31)16-21(25)27(20-10-6-3-7-11-20)35(26)34-14-12-24(36)29(28(34)30(33)37)39-18-19-8-4-2-5-9-19/h2-12,14,16-17,26-27H,13,15,18H2,1H3/t26-,27+/m1/s1.